The lowest BCUT2D eigenvalue weighted by Gasteiger charge is -2.19. The largest absolute Gasteiger partial charge is 0.344 e. The lowest BCUT2D eigenvalue weighted by molar-refractivity contribution is -0.125. The summed E-state index contributed by atoms with van der Waals surface area (Å²) in [7, 11) is 0. The molecule has 1 atom stereocenters. The normalized spacial score (nSPS) is 12.7. The first-order valence-corrected chi connectivity index (χ1v) is 7.03. The fourth-order valence-corrected chi connectivity index (χ4v) is 1.81. The quantitative estimate of drug-likeness (QED) is 0.914. The third-order valence-electron chi connectivity index (χ3n) is 3.12. The number of nitrogens with zero attached hydrogens (tertiary/aromatic N) is 3. The van der Waals surface area contributed by atoms with Crippen molar-refractivity contribution in [1.82, 2.24) is 20.4 Å². The summed E-state index contributed by atoms with van der Waals surface area (Å²) in [6.07, 6.45) is 3.36. The fraction of sp³-hybridized carbons (Fsp3) is 0.467. The highest BCUT2D eigenvalue weighted by atomic mass is 16.5. The van der Waals surface area contributed by atoms with Crippen LogP contribution in [0.15, 0.2) is 29.0 Å². The molecule has 0 saturated carbocycles. The average Bonchev–Trinajstić information content (AvgIpc) is 2.94. The standard InChI is InChI=1S/C15H20N4O2/c1-9(2)12(17-14(20)10(3)4)15-18-13(19-21-15)11-6-5-7-16-8-11/h5-10,12H,1-4H3,(H,17,20)/t12-/m1/s1. The van der Waals surface area contributed by atoms with Gasteiger partial charge in [-0.2, -0.15) is 4.98 Å². The van der Waals surface area contributed by atoms with Crippen molar-refractivity contribution in [1.29, 1.82) is 0 Å². The fourth-order valence-electron chi connectivity index (χ4n) is 1.81. The summed E-state index contributed by atoms with van der Waals surface area (Å²) in [5.74, 6) is 0.914. The van der Waals surface area contributed by atoms with E-state index in [1.54, 1.807) is 12.4 Å². The Bertz CT molecular complexity index is 593. The molecular formula is C15H20N4O2. The molecule has 0 fully saturated rings. The summed E-state index contributed by atoms with van der Waals surface area (Å²) >= 11 is 0. The minimum absolute atomic E-state index is 0.0326. The van der Waals surface area contributed by atoms with Gasteiger partial charge in [-0.15, -0.1) is 0 Å². The number of nitrogens with one attached hydrogen (secondary N) is 1. The van der Waals surface area contributed by atoms with Gasteiger partial charge in [0.1, 0.15) is 6.04 Å². The summed E-state index contributed by atoms with van der Waals surface area (Å²) in [5, 5.41) is 6.91. The van der Waals surface area contributed by atoms with Crippen LogP contribution in [-0.4, -0.2) is 21.0 Å². The number of pyridine rings is 1. The van der Waals surface area contributed by atoms with Crippen LogP contribution in [0.2, 0.25) is 0 Å². The maximum atomic E-state index is 11.9. The van der Waals surface area contributed by atoms with Gasteiger partial charge in [-0.3, -0.25) is 9.78 Å². The number of hydrogen-bond acceptors (Lipinski definition) is 5. The lowest BCUT2D eigenvalue weighted by atomic mass is 10.0. The summed E-state index contributed by atoms with van der Waals surface area (Å²) in [6, 6.07) is 3.38. The van der Waals surface area contributed by atoms with Crippen LogP contribution < -0.4 is 5.32 Å². The van der Waals surface area contributed by atoms with Crippen molar-refractivity contribution in [2.45, 2.75) is 33.7 Å². The van der Waals surface area contributed by atoms with Crippen molar-refractivity contribution in [3.63, 3.8) is 0 Å². The Hall–Kier alpha value is -2.24. The molecule has 0 aliphatic rings. The molecule has 2 heterocycles. The summed E-state index contributed by atoms with van der Waals surface area (Å²) in [6.45, 7) is 7.70. The van der Waals surface area contributed by atoms with Gasteiger partial charge in [-0.05, 0) is 18.1 Å². The zero-order chi connectivity index (χ0) is 15.4. The van der Waals surface area contributed by atoms with Gasteiger partial charge in [0, 0.05) is 23.9 Å². The molecule has 1 N–H and O–H groups in total. The smallest absolute Gasteiger partial charge is 0.249 e. The molecule has 6 nitrogen and oxygen atoms in total. The van der Waals surface area contributed by atoms with E-state index in [9.17, 15) is 4.79 Å². The second-order valence-electron chi connectivity index (χ2n) is 5.58. The van der Waals surface area contributed by atoms with Crippen molar-refractivity contribution < 1.29 is 9.32 Å². The minimum atomic E-state index is -0.294. The third-order valence-corrected chi connectivity index (χ3v) is 3.12. The summed E-state index contributed by atoms with van der Waals surface area (Å²) in [5.41, 5.74) is 0.783. The SMILES string of the molecule is CC(C)C(=O)N[C@@H](c1nc(-c2cccnc2)no1)C(C)C. The molecule has 0 bridgehead atoms. The Kier molecular flexibility index (Phi) is 4.67. The minimum Gasteiger partial charge on any atom is -0.344 e. The van der Waals surface area contributed by atoms with Crippen molar-refractivity contribution in [2.24, 2.45) is 11.8 Å². The molecular weight excluding hydrogens is 268 g/mol. The van der Waals surface area contributed by atoms with E-state index in [1.165, 1.54) is 0 Å². The molecule has 2 rings (SSSR count). The predicted octanol–water partition coefficient (Wildman–Crippen LogP) is 2.60. The van der Waals surface area contributed by atoms with Crippen LogP contribution in [-0.2, 0) is 4.79 Å². The van der Waals surface area contributed by atoms with Gasteiger partial charge in [-0.1, -0.05) is 32.9 Å². The molecule has 21 heavy (non-hydrogen) atoms. The Labute approximate surface area is 124 Å². The second-order valence-corrected chi connectivity index (χ2v) is 5.58. The van der Waals surface area contributed by atoms with E-state index < -0.39 is 0 Å². The zero-order valence-corrected chi connectivity index (χ0v) is 12.7. The van der Waals surface area contributed by atoms with E-state index in [0.717, 1.165) is 5.56 Å². The molecule has 1 amide bonds. The molecule has 0 radical (unpaired) electrons. The number of carbonyl (C=O) groups is 1. The van der Waals surface area contributed by atoms with Crippen LogP contribution in [0.4, 0.5) is 0 Å². The van der Waals surface area contributed by atoms with E-state index in [2.05, 4.69) is 20.4 Å². The molecule has 0 unspecified atom stereocenters. The van der Waals surface area contributed by atoms with Crippen LogP contribution in [0.5, 0.6) is 0 Å². The first-order chi connectivity index (χ1) is 9.99. The highest BCUT2D eigenvalue weighted by molar-refractivity contribution is 5.78. The molecule has 112 valence electrons. The molecule has 2 aromatic heterocycles. The Balaban J connectivity index is 2.22. The molecule has 2 aromatic rings. The van der Waals surface area contributed by atoms with Gasteiger partial charge in [0.2, 0.25) is 17.6 Å². The second kappa shape index (κ2) is 6.47. The summed E-state index contributed by atoms with van der Waals surface area (Å²) in [4.78, 5) is 20.3. The molecule has 0 aliphatic heterocycles. The predicted molar refractivity (Wildman–Crippen MR) is 78.1 cm³/mol. The lowest BCUT2D eigenvalue weighted by Crippen LogP contribution is -2.34. The third kappa shape index (κ3) is 3.65. The maximum Gasteiger partial charge on any atom is 0.249 e. The summed E-state index contributed by atoms with van der Waals surface area (Å²) < 4.78 is 5.32. The van der Waals surface area contributed by atoms with E-state index in [4.69, 9.17) is 4.52 Å². The van der Waals surface area contributed by atoms with Gasteiger partial charge < -0.3 is 9.84 Å². The number of amides is 1. The van der Waals surface area contributed by atoms with Crippen LogP contribution in [0.1, 0.15) is 39.6 Å². The van der Waals surface area contributed by atoms with E-state index in [1.807, 2.05) is 39.8 Å². The van der Waals surface area contributed by atoms with Crippen LogP contribution in [0.25, 0.3) is 11.4 Å². The number of hydrogen-bond donors (Lipinski definition) is 1. The average molecular weight is 288 g/mol. The van der Waals surface area contributed by atoms with Crippen LogP contribution in [0.3, 0.4) is 0 Å². The maximum absolute atomic E-state index is 11.9. The zero-order valence-electron chi connectivity index (χ0n) is 12.7. The first-order valence-electron chi connectivity index (χ1n) is 7.03. The van der Waals surface area contributed by atoms with Gasteiger partial charge >= 0.3 is 0 Å². The molecule has 0 aliphatic carbocycles. The van der Waals surface area contributed by atoms with Gasteiger partial charge in [-0.25, -0.2) is 0 Å². The van der Waals surface area contributed by atoms with Crippen molar-refractivity contribution in [3.8, 4) is 11.4 Å². The van der Waals surface area contributed by atoms with E-state index in [-0.39, 0.29) is 23.8 Å². The number of carbonyl (C=O) groups excluding carboxylic acids is 1. The number of rotatable bonds is 5. The topological polar surface area (TPSA) is 80.9 Å². The van der Waals surface area contributed by atoms with Gasteiger partial charge in [0.25, 0.3) is 0 Å². The highest BCUT2D eigenvalue weighted by Gasteiger charge is 2.25. The van der Waals surface area contributed by atoms with E-state index in [0.29, 0.717) is 11.7 Å². The van der Waals surface area contributed by atoms with Crippen molar-refractivity contribution in [3.05, 3.63) is 30.4 Å². The van der Waals surface area contributed by atoms with E-state index >= 15 is 0 Å². The number of aromatic nitrogens is 3. The van der Waals surface area contributed by atoms with Crippen LogP contribution >= 0.6 is 0 Å². The van der Waals surface area contributed by atoms with Gasteiger partial charge in [0.05, 0.1) is 0 Å². The van der Waals surface area contributed by atoms with Crippen LogP contribution in [0, 0.1) is 11.8 Å². The molecule has 0 spiro atoms. The molecule has 6 heteroatoms. The van der Waals surface area contributed by atoms with Crippen molar-refractivity contribution in [2.75, 3.05) is 0 Å². The Morgan fingerprint density at radius 2 is 2.05 bits per heavy atom. The Morgan fingerprint density at radius 1 is 1.29 bits per heavy atom. The molecule has 0 saturated heterocycles. The Morgan fingerprint density at radius 3 is 2.62 bits per heavy atom. The monoisotopic (exact) mass is 288 g/mol. The highest BCUT2D eigenvalue weighted by Crippen LogP contribution is 2.23. The van der Waals surface area contributed by atoms with Crippen molar-refractivity contribution >= 4 is 5.91 Å². The van der Waals surface area contributed by atoms with Gasteiger partial charge in [0.15, 0.2) is 0 Å². The first kappa shape index (κ1) is 15.2. The molecule has 0 aromatic carbocycles.